The third-order valence-electron chi connectivity index (χ3n) is 23.3. The van der Waals surface area contributed by atoms with E-state index in [9.17, 15) is 52.3 Å². The van der Waals surface area contributed by atoms with Gasteiger partial charge in [0.2, 0.25) is 6.17 Å². The van der Waals surface area contributed by atoms with Crippen LogP contribution < -0.4 is 0 Å². The zero-order chi connectivity index (χ0) is 77.5. The largest absolute Gasteiger partial charge is 0.464 e. The monoisotopic (exact) mass is 1450 g/mol. The minimum absolute atomic E-state index is 0.0690. The van der Waals surface area contributed by atoms with E-state index in [0.717, 1.165) is 103 Å². The fourth-order valence-corrected chi connectivity index (χ4v) is 14.2. The lowest BCUT2D eigenvalue weighted by atomic mass is 9.74. The molecule has 5 heterocycles. The van der Waals surface area contributed by atoms with Gasteiger partial charge in [0.05, 0.1) is 45.3 Å². The first-order valence-electron chi connectivity index (χ1n) is 38.8. The van der Waals surface area contributed by atoms with Gasteiger partial charge in [0.25, 0.3) is 0 Å². The molecule has 2 bridgehead atoms. The molecule has 14 atom stereocenters. The zero-order valence-corrected chi connectivity index (χ0v) is 67.2. The maximum atomic E-state index is 13.6. The third-order valence-corrected chi connectivity index (χ3v) is 23.3. The summed E-state index contributed by atoms with van der Waals surface area (Å²) < 4.78 is 68.9. The van der Waals surface area contributed by atoms with Gasteiger partial charge in [0, 0.05) is 37.5 Å². The van der Waals surface area contributed by atoms with E-state index >= 15 is 0 Å². The molecule has 20 nitrogen and oxygen atoms in total. The van der Waals surface area contributed by atoms with Crippen LogP contribution in [0.4, 0.5) is 4.39 Å². The molecule has 5 saturated heterocycles. The summed E-state index contributed by atoms with van der Waals surface area (Å²) in [6.07, 6.45) is 15.3. The van der Waals surface area contributed by atoms with Crippen molar-refractivity contribution in [3.05, 3.63) is 0 Å². The van der Waals surface area contributed by atoms with Crippen LogP contribution in [0.15, 0.2) is 0 Å². The van der Waals surface area contributed by atoms with Crippen LogP contribution >= 0.6 is 0 Å². The van der Waals surface area contributed by atoms with Crippen LogP contribution in [0, 0.1) is 69.0 Å². The predicted molar refractivity (Wildman–Crippen MR) is 384 cm³/mol. The minimum atomic E-state index is -1.73. The number of carbonyl (C=O) groups is 10. The number of alkyl halides is 1. The summed E-state index contributed by atoms with van der Waals surface area (Å²) in [5, 5.41) is 0. The molecule has 0 amide bonds. The first-order valence-corrected chi connectivity index (χ1v) is 38.8. The Balaban J connectivity index is 0.000000271. The Labute approximate surface area is 611 Å². The molecule has 3 saturated carbocycles. The fraction of sp³-hybridized carbons (Fsp3) is 0.877. The number of ether oxygens (including phenoxy) is 10. The average Bonchev–Trinajstić information content (AvgIpc) is 1.59. The topological polar surface area (TPSA) is 263 Å². The van der Waals surface area contributed by atoms with Gasteiger partial charge in [-0.1, -0.05) is 61.3 Å². The van der Waals surface area contributed by atoms with Crippen LogP contribution in [0.25, 0.3) is 0 Å². The lowest BCUT2D eigenvalue weighted by Gasteiger charge is -2.35. The Morgan fingerprint density at radius 2 is 0.961 bits per heavy atom. The molecule has 21 heteroatoms. The maximum absolute atomic E-state index is 13.6. The van der Waals surface area contributed by atoms with E-state index in [1.54, 1.807) is 34.6 Å². The van der Waals surface area contributed by atoms with Gasteiger partial charge >= 0.3 is 59.7 Å². The first kappa shape index (κ1) is 89.0. The van der Waals surface area contributed by atoms with Gasteiger partial charge in [-0.3, -0.25) is 38.4 Å². The van der Waals surface area contributed by atoms with Crippen molar-refractivity contribution in [3.8, 4) is 0 Å². The predicted octanol–water partition coefficient (Wildman–Crippen LogP) is 16.7. The molecule has 8 aliphatic rings. The summed E-state index contributed by atoms with van der Waals surface area (Å²) in [4.78, 5) is 121. The van der Waals surface area contributed by atoms with Crippen LogP contribution in [0.2, 0.25) is 0 Å². The zero-order valence-electron chi connectivity index (χ0n) is 67.2. The van der Waals surface area contributed by atoms with Gasteiger partial charge in [0.1, 0.15) is 52.9 Å². The number of cyclic esters (lactones) is 5. The number of carbonyl (C=O) groups excluding carboxylic acids is 10. The number of esters is 10. The summed E-state index contributed by atoms with van der Waals surface area (Å²) in [6.45, 7) is 45.5. The molecule has 0 radical (unpaired) electrons. The molecule has 3 aliphatic carbocycles. The van der Waals surface area contributed by atoms with Gasteiger partial charge in [-0.05, 0) is 245 Å². The second kappa shape index (κ2) is 36.8. The fourth-order valence-electron chi connectivity index (χ4n) is 14.2. The molecule has 0 spiro atoms. The summed E-state index contributed by atoms with van der Waals surface area (Å²) in [5.41, 5.74) is -4.84. The Kier molecular flexibility index (Phi) is 32.1. The van der Waals surface area contributed by atoms with Crippen molar-refractivity contribution in [2.24, 2.45) is 69.0 Å². The standard InChI is InChI=1S/C19H30O4.C19H32O4.C15H26O4.C14H23FO4.C14H24O4/c1-6-18(2,3)17(21)22-13-10-19(4,5)23-16(20)15-12-8-7-11(9-12)14(13)15;1-6-18(3,4)17(21)22-15-12-19(5,7-2)23-16(20)14-11-9-8-10-13(14)15;1-6-14(2,3)13(17)18-10-11-8-7-9-15(4,5)19-12(11)16;1-6-13(2,3)12(17)18-9-7-10(15)11(16)19-14(4,5)8-9;1-5-10(2)12(15)17-11-8-6-7-9-14(3,4)18-13(11)16/h11-15H,6-10H2,1-5H3;13-15H,6-12H2,1-5H3;11H,6-10H2,1-5H3;9-10H,6-8H2,1-5H3;10-11H,5-9H2,1-4H3. The van der Waals surface area contributed by atoms with E-state index in [1.807, 2.05) is 132 Å². The molecule has 102 heavy (non-hydrogen) atoms. The summed E-state index contributed by atoms with van der Waals surface area (Å²) in [7, 11) is 0. The van der Waals surface area contributed by atoms with E-state index in [-0.39, 0.29) is 108 Å². The van der Waals surface area contributed by atoms with Crippen LogP contribution in [-0.2, 0) is 95.3 Å². The van der Waals surface area contributed by atoms with Crippen molar-refractivity contribution in [3.63, 3.8) is 0 Å². The Bertz CT molecular complexity index is 2850. The molecule has 8 rings (SSSR count). The van der Waals surface area contributed by atoms with E-state index in [0.29, 0.717) is 56.8 Å². The lowest BCUT2D eigenvalue weighted by Crippen LogP contribution is -2.40. The highest BCUT2D eigenvalue weighted by Crippen LogP contribution is 2.57. The summed E-state index contributed by atoms with van der Waals surface area (Å²) in [6, 6.07) is 0. The van der Waals surface area contributed by atoms with Gasteiger partial charge in [-0.15, -0.1) is 0 Å². The van der Waals surface area contributed by atoms with Gasteiger partial charge in [-0.25, -0.2) is 14.0 Å². The number of hydrogen-bond donors (Lipinski definition) is 0. The number of hydrogen-bond acceptors (Lipinski definition) is 20. The highest BCUT2D eigenvalue weighted by Gasteiger charge is 2.59. The van der Waals surface area contributed by atoms with Gasteiger partial charge in [-0.2, -0.15) is 0 Å². The first-order chi connectivity index (χ1) is 47.0. The van der Waals surface area contributed by atoms with Crippen LogP contribution in [0.1, 0.15) is 320 Å². The number of rotatable bonds is 17. The molecular weight excluding hydrogens is 1310 g/mol. The number of fused-ring (bicyclic) bond motifs is 6. The Hall–Kier alpha value is -5.37. The van der Waals surface area contributed by atoms with Crippen molar-refractivity contribution in [2.45, 2.75) is 379 Å². The van der Waals surface area contributed by atoms with Crippen molar-refractivity contribution < 1.29 is 99.7 Å². The second-order valence-corrected chi connectivity index (χ2v) is 35.8. The molecule has 5 aliphatic heterocycles. The minimum Gasteiger partial charge on any atom is -0.464 e. The van der Waals surface area contributed by atoms with E-state index < -0.39 is 80.0 Å². The van der Waals surface area contributed by atoms with Crippen LogP contribution in [0.5, 0.6) is 0 Å². The average molecular weight is 1450 g/mol. The van der Waals surface area contributed by atoms with E-state index in [1.165, 1.54) is 0 Å². The molecule has 14 unspecified atom stereocenters. The third kappa shape index (κ3) is 25.7. The Morgan fingerprint density at radius 3 is 1.52 bits per heavy atom. The van der Waals surface area contributed by atoms with Crippen molar-refractivity contribution >= 4 is 59.7 Å². The van der Waals surface area contributed by atoms with Gasteiger partial charge < -0.3 is 47.4 Å². The normalized spacial score (nSPS) is 30.6. The highest BCUT2D eigenvalue weighted by molar-refractivity contribution is 5.82. The molecule has 0 aromatic carbocycles. The van der Waals surface area contributed by atoms with Crippen molar-refractivity contribution in [2.75, 3.05) is 6.61 Å². The van der Waals surface area contributed by atoms with Crippen molar-refractivity contribution in [1.82, 2.24) is 0 Å². The lowest BCUT2D eigenvalue weighted by molar-refractivity contribution is -0.181. The van der Waals surface area contributed by atoms with Crippen molar-refractivity contribution in [1.29, 1.82) is 0 Å². The van der Waals surface area contributed by atoms with E-state index in [4.69, 9.17) is 47.4 Å². The molecule has 0 aromatic rings. The Morgan fingerprint density at radius 1 is 0.480 bits per heavy atom. The smallest absolute Gasteiger partial charge is 0.347 e. The summed E-state index contributed by atoms with van der Waals surface area (Å²) >= 11 is 0. The molecule has 8 fully saturated rings. The number of halogens is 1. The van der Waals surface area contributed by atoms with Crippen LogP contribution in [-0.4, -0.2) is 125 Å². The summed E-state index contributed by atoms with van der Waals surface area (Å²) in [5.74, 6) is -2.37. The maximum Gasteiger partial charge on any atom is 0.347 e. The van der Waals surface area contributed by atoms with Crippen LogP contribution in [0.3, 0.4) is 0 Å². The molecule has 0 N–H and O–H groups in total. The van der Waals surface area contributed by atoms with E-state index in [2.05, 4.69) is 0 Å². The molecule has 0 aromatic heterocycles. The van der Waals surface area contributed by atoms with Gasteiger partial charge in [0.15, 0.2) is 6.10 Å². The second-order valence-electron chi connectivity index (χ2n) is 35.8. The highest BCUT2D eigenvalue weighted by atomic mass is 19.1. The molecule has 586 valence electrons. The molecular formula is C81H135FO20. The SMILES string of the molecule is CCC(C)(C)C(=O)OC1CC(C)(C)OC(=O)C2C3CCC(C3)C12.CCC(C)(C)C(=O)OC1CC(F)C(=O)OC(C)(C)C1.CCC(C)(C)C(=O)OCC1CCCC(C)(C)OC1=O.CCC(C)C(=O)OC1CCCCC(C)(C)OC1=O.CCC1(C)CC(OC(=O)C(C)(C)CC)C2CCCCC2C(=O)O1. The quantitative estimate of drug-likeness (QED) is 0.0967.